The van der Waals surface area contributed by atoms with Crippen LogP contribution < -0.4 is 15.8 Å². The van der Waals surface area contributed by atoms with Crippen molar-refractivity contribution in [1.82, 2.24) is 5.32 Å². The first-order valence-corrected chi connectivity index (χ1v) is 6.52. The van der Waals surface area contributed by atoms with Crippen LogP contribution in [0.15, 0.2) is 18.2 Å². The largest absolute Gasteiger partial charge is 0.496 e. The Morgan fingerprint density at radius 3 is 2.63 bits per heavy atom. The fourth-order valence-corrected chi connectivity index (χ4v) is 1.94. The number of amides is 1. The Balaban J connectivity index is 2.76. The molecule has 1 rings (SSSR count). The summed E-state index contributed by atoms with van der Waals surface area (Å²) in [5.41, 5.74) is 7.51. The maximum Gasteiger partial charge on any atom is 0.221 e. The van der Waals surface area contributed by atoms with Gasteiger partial charge in [0, 0.05) is 24.9 Å². The summed E-state index contributed by atoms with van der Waals surface area (Å²) in [5.74, 6) is 0.882. The molecule has 0 aliphatic heterocycles. The molecule has 3 N–H and O–H groups in total. The fraction of sp³-hybridized carbons (Fsp3) is 0.533. The molecule has 106 valence electrons. The topological polar surface area (TPSA) is 64.3 Å². The molecule has 0 aromatic heterocycles. The van der Waals surface area contributed by atoms with Crippen LogP contribution in [-0.2, 0) is 10.2 Å². The van der Waals surface area contributed by atoms with Crippen molar-refractivity contribution in [2.45, 2.75) is 32.6 Å². The number of nitrogens with one attached hydrogen (secondary N) is 1. The smallest absolute Gasteiger partial charge is 0.221 e. The second-order valence-electron chi connectivity index (χ2n) is 5.38. The molecule has 19 heavy (non-hydrogen) atoms. The lowest BCUT2D eigenvalue weighted by Crippen LogP contribution is -2.37. The molecule has 1 aromatic carbocycles. The van der Waals surface area contributed by atoms with Gasteiger partial charge in [-0.15, -0.1) is 0 Å². The second-order valence-corrected chi connectivity index (χ2v) is 5.38. The number of carbonyl (C=O) groups excluding carboxylic acids is 1. The Kier molecular flexibility index (Phi) is 5.36. The van der Waals surface area contributed by atoms with Gasteiger partial charge in [0.2, 0.25) is 5.91 Å². The van der Waals surface area contributed by atoms with Crippen LogP contribution in [0.1, 0.15) is 31.4 Å². The van der Waals surface area contributed by atoms with E-state index < -0.39 is 0 Å². The van der Waals surface area contributed by atoms with E-state index in [1.54, 1.807) is 7.11 Å². The standard InChI is InChI=1S/C15H24N2O2/c1-11-9-12(5-6-13(11)19-4)15(2,3)10-17-14(18)7-8-16/h5-6,9H,7-8,10,16H2,1-4H3,(H,17,18). The summed E-state index contributed by atoms with van der Waals surface area (Å²) < 4.78 is 5.26. The summed E-state index contributed by atoms with van der Waals surface area (Å²) in [4.78, 5) is 11.5. The Morgan fingerprint density at radius 1 is 1.42 bits per heavy atom. The summed E-state index contributed by atoms with van der Waals surface area (Å²) in [5, 5.41) is 2.92. The molecule has 0 fully saturated rings. The highest BCUT2D eigenvalue weighted by atomic mass is 16.5. The van der Waals surface area contributed by atoms with Crippen molar-refractivity contribution in [3.05, 3.63) is 29.3 Å². The Bertz CT molecular complexity index is 442. The quantitative estimate of drug-likeness (QED) is 0.822. The third-order valence-electron chi connectivity index (χ3n) is 3.28. The Labute approximate surface area is 115 Å². The molecular weight excluding hydrogens is 240 g/mol. The number of methoxy groups -OCH3 is 1. The number of hydrogen-bond acceptors (Lipinski definition) is 3. The van der Waals surface area contributed by atoms with E-state index in [0.717, 1.165) is 11.3 Å². The molecule has 0 saturated carbocycles. The number of benzene rings is 1. The molecule has 0 aliphatic carbocycles. The second kappa shape index (κ2) is 6.57. The van der Waals surface area contributed by atoms with E-state index in [0.29, 0.717) is 19.5 Å². The van der Waals surface area contributed by atoms with E-state index >= 15 is 0 Å². The monoisotopic (exact) mass is 264 g/mol. The number of hydrogen-bond donors (Lipinski definition) is 2. The highest BCUT2D eigenvalue weighted by Gasteiger charge is 2.22. The molecule has 4 heteroatoms. The van der Waals surface area contributed by atoms with Gasteiger partial charge in [0.05, 0.1) is 7.11 Å². The number of aryl methyl sites for hydroxylation is 1. The normalized spacial score (nSPS) is 11.2. The maximum absolute atomic E-state index is 11.5. The van der Waals surface area contributed by atoms with Crippen molar-refractivity contribution in [2.75, 3.05) is 20.2 Å². The van der Waals surface area contributed by atoms with Crippen LogP contribution in [0.3, 0.4) is 0 Å². The molecule has 1 aromatic rings. The summed E-state index contributed by atoms with van der Waals surface area (Å²) in [7, 11) is 1.67. The SMILES string of the molecule is COc1ccc(C(C)(C)CNC(=O)CCN)cc1C. The van der Waals surface area contributed by atoms with E-state index in [-0.39, 0.29) is 11.3 Å². The summed E-state index contributed by atoms with van der Waals surface area (Å²) in [6.07, 6.45) is 0.373. The van der Waals surface area contributed by atoms with Crippen molar-refractivity contribution in [1.29, 1.82) is 0 Å². The first-order chi connectivity index (χ1) is 8.90. The van der Waals surface area contributed by atoms with E-state index in [4.69, 9.17) is 10.5 Å². The first kappa shape index (κ1) is 15.5. The molecule has 0 spiro atoms. The van der Waals surface area contributed by atoms with Crippen LogP contribution in [-0.4, -0.2) is 26.1 Å². The minimum absolute atomic E-state index is 0.000749. The van der Waals surface area contributed by atoms with Crippen molar-refractivity contribution in [3.63, 3.8) is 0 Å². The molecule has 0 saturated heterocycles. The van der Waals surface area contributed by atoms with Crippen LogP contribution in [0.25, 0.3) is 0 Å². The fourth-order valence-electron chi connectivity index (χ4n) is 1.94. The number of rotatable bonds is 6. The third-order valence-corrected chi connectivity index (χ3v) is 3.28. The van der Waals surface area contributed by atoms with Crippen molar-refractivity contribution in [3.8, 4) is 5.75 Å². The predicted octanol–water partition coefficient (Wildman–Crippen LogP) is 1.75. The molecule has 0 unspecified atom stereocenters. The van der Waals surface area contributed by atoms with E-state index in [1.165, 1.54) is 5.56 Å². The average molecular weight is 264 g/mol. The maximum atomic E-state index is 11.5. The van der Waals surface area contributed by atoms with Gasteiger partial charge in [-0.1, -0.05) is 26.0 Å². The zero-order valence-electron chi connectivity index (χ0n) is 12.2. The lowest BCUT2D eigenvalue weighted by atomic mass is 9.83. The molecule has 0 bridgehead atoms. The van der Waals surface area contributed by atoms with E-state index in [9.17, 15) is 4.79 Å². The number of carbonyl (C=O) groups is 1. The van der Waals surface area contributed by atoms with Crippen LogP contribution in [0.2, 0.25) is 0 Å². The van der Waals surface area contributed by atoms with Gasteiger partial charge in [-0.05, 0) is 24.1 Å². The van der Waals surface area contributed by atoms with Gasteiger partial charge in [-0.3, -0.25) is 4.79 Å². The molecule has 0 radical (unpaired) electrons. The first-order valence-electron chi connectivity index (χ1n) is 6.52. The minimum Gasteiger partial charge on any atom is -0.496 e. The summed E-state index contributed by atoms with van der Waals surface area (Å²) >= 11 is 0. The van der Waals surface area contributed by atoms with E-state index in [1.807, 2.05) is 19.1 Å². The zero-order chi connectivity index (χ0) is 14.5. The van der Waals surface area contributed by atoms with Crippen LogP contribution >= 0.6 is 0 Å². The van der Waals surface area contributed by atoms with Gasteiger partial charge in [-0.25, -0.2) is 0 Å². The zero-order valence-corrected chi connectivity index (χ0v) is 12.2. The van der Waals surface area contributed by atoms with Crippen molar-refractivity contribution < 1.29 is 9.53 Å². The highest BCUT2D eigenvalue weighted by Crippen LogP contribution is 2.27. The molecule has 0 heterocycles. The average Bonchev–Trinajstić information content (AvgIpc) is 2.37. The minimum atomic E-state index is -0.124. The lowest BCUT2D eigenvalue weighted by Gasteiger charge is -2.26. The number of ether oxygens (including phenoxy) is 1. The van der Waals surface area contributed by atoms with Gasteiger partial charge < -0.3 is 15.8 Å². The van der Waals surface area contributed by atoms with Crippen molar-refractivity contribution in [2.24, 2.45) is 5.73 Å². The number of nitrogens with two attached hydrogens (primary N) is 1. The molecule has 0 atom stereocenters. The molecular formula is C15H24N2O2. The molecule has 4 nitrogen and oxygen atoms in total. The Morgan fingerprint density at radius 2 is 2.11 bits per heavy atom. The lowest BCUT2D eigenvalue weighted by molar-refractivity contribution is -0.121. The molecule has 0 aliphatic rings. The van der Waals surface area contributed by atoms with Gasteiger partial charge in [0.1, 0.15) is 5.75 Å². The Hall–Kier alpha value is -1.55. The van der Waals surface area contributed by atoms with Gasteiger partial charge in [0.25, 0.3) is 0 Å². The van der Waals surface area contributed by atoms with Crippen LogP contribution in [0.5, 0.6) is 5.75 Å². The van der Waals surface area contributed by atoms with Gasteiger partial charge >= 0.3 is 0 Å². The van der Waals surface area contributed by atoms with Gasteiger partial charge in [-0.2, -0.15) is 0 Å². The third kappa shape index (κ3) is 4.24. The molecule has 1 amide bonds. The summed E-state index contributed by atoms with van der Waals surface area (Å²) in [6, 6.07) is 6.11. The van der Waals surface area contributed by atoms with Crippen molar-refractivity contribution >= 4 is 5.91 Å². The van der Waals surface area contributed by atoms with E-state index in [2.05, 4.69) is 25.2 Å². The van der Waals surface area contributed by atoms with Crippen LogP contribution in [0, 0.1) is 6.92 Å². The van der Waals surface area contributed by atoms with Gasteiger partial charge in [0.15, 0.2) is 0 Å². The van der Waals surface area contributed by atoms with Crippen LogP contribution in [0.4, 0.5) is 0 Å². The summed E-state index contributed by atoms with van der Waals surface area (Å²) in [6.45, 7) is 7.21. The highest BCUT2D eigenvalue weighted by molar-refractivity contribution is 5.76. The predicted molar refractivity (Wildman–Crippen MR) is 77.4 cm³/mol.